The summed E-state index contributed by atoms with van der Waals surface area (Å²) in [7, 11) is -4.29. The van der Waals surface area contributed by atoms with E-state index in [1.807, 2.05) is 13.8 Å². The molecule has 2 aromatic heterocycles. The lowest BCUT2D eigenvalue weighted by Crippen LogP contribution is -2.49. The van der Waals surface area contributed by atoms with E-state index in [-0.39, 0.29) is 31.0 Å². The summed E-state index contributed by atoms with van der Waals surface area (Å²) in [5, 5.41) is 29.1. The molecule has 4 heterocycles. The number of carbonyl (C=O) groups is 2. The normalized spacial score (nSPS) is 29.6. The summed E-state index contributed by atoms with van der Waals surface area (Å²) < 4.78 is 39.1. The van der Waals surface area contributed by atoms with E-state index in [9.17, 15) is 24.4 Å². The minimum Gasteiger partial charge on any atom is -0.465 e. The molecule has 9 unspecified atom stereocenters. The third kappa shape index (κ3) is 6.85. The number of aliphatic hydroxyl groups excluding tert-OH is 1. The molecule has 5 rings (SSSR count). The fourth-order valence-electron chi connectivity index (χ4n) is 7.13. The fraction of sp³-hybridized carbons (Fsp3) is 0.781. The highest BCUT2D eigenvalue weighted by molar-refractivity contribution is 7.54. The Labute approximate surface area is 292 Å². The molecule has 3 aliphatic rings. The van der Waals surface area contributed by atoms with E-state index in [2.05, 4.69) is 30.0 Å². The van der Waals surface area contributed by atoms with Crippen molar-refractivity contribution in [1.82, 2.24) is 29.7 Å². The van der Waals surface area contributed by atoms with Gasteiger partial charge in [0.2, 0.25) is 5.95 Å². The highest BCUT2D eigenvalue weighted by Gasteiger charge is 2.85. The number of fused-ring (bicyclic) bond motifs is 2. The quantitative estimate of drug-likeness (QED) is 0.116. The molecule has 6 N–H and O–H groups in total. The predicted molar refractivity (Wildman–Crippen MR) is 184 cm³/mol. The molecule has 0 spiro atoms. The molecule has 280 valence electrons. The van der Waals surface area contributed by atoms with E-state index in [4.69, 9.17) is 24.5 Å². The Bertz CT molecular complexity index is 1550. The van der Waals surface area contributed by atoms with Crippen molar-refractivity contribution in [3.63, 3.8) is 0 Å². The van der Waals surface area contributed by atoms with Crippen molar-refractivity contribution in [2.45, 2.75) is 116 Å². The van der Waals surface area contributed by atoms with E-state index in [0.29, 0.717) is 29.8 Å². The van der Waals surface area contributed by atoms with E-state index < -0.39 is 67.8 Å². The molecule has 2 aromatic rings. The molecule has 2 saturated heterocycles. The SMILES string of the molecule is CCOC(=O)C(NP(=O)(NC(C(=O)OCC)C(C)CC)OCC1OC2(C)C(n3cnc4c(N5CCCC5)nc(N)nc43)C2(O)C1O)C(C)CC. The highest BCUT2D eigenvalue weighted by atomic mass is 31.2. The maximum Gasteiger partial charge on any atom is 0.342 e. The molecular formula is C32H53N8O9P. The largest absolute Gasteiger partial charge is 0.465 e. The molecule has 17 nitrogen and oxygen atoms in total. The predicted octanol–water partition coefficient (Wildman–Crippen LogP) is 2.07. The molecule has 3 fully saturated rings. The van der Waals surface area contributed by atoms with E-state index in [0.717, 1.165) is 25.9 Å². The summed E-state index contributed by atoms with van der Waals surface area (Å²) in [5.74, 6) is -1.23. The van der Waals surface area contributed by atoms with Crippen molar-refractivity contribution < 1.29 is 43.1 Å². The Morgan fingerprint density at radius 1 is 1.06 bits per heavy atom. The molecule has 9 atom stereocenters. The minimum atomic E-state index is -4.29. The maximum absolute atomic E-state index is 14.7. The van der Waals surface area contributed by atoms with Crippen LogP contribution < -0.4 is 20.8 Å². The Kier molecular flexibility index (Phi) is 11.5. The average molecular weight is 725 g/mol. The van der Waals surface area contributed by atoms with Gasteiger partial charge >= 0.3 is 19.6 Å². The zero-order valence-corrected chi connectivity index (χ0v) is 30.9. The number of hydrogen-bond acceptors (Lipinski definition) is 14. The molecule has 18 heteroatoms. The number of ether oxygens (including phenoxy) is 3. The van der Waals surface area contributed by atoms with E-state index >= 15 is 0 Å². The first-order valence-corrected chi connectivity index (χ1v) is 19.3. The second-order valence-electron chi connectivity index (χ2n) is 13.7. The van der Waals surface area contributed by atoms with Crippen molar-refractivity contribution in [2.75, 3.05) is 43.5 Å². The van der Waals surface area contributed by atoms with Gasteiger partial charge in [0, 0.05) is 13.1 Å². The second kappa shape index (κ2) is 15.0. The van der Waals surface area contributed by atoms with Crippen LogP contribution in [0, 0.1) is 11.8 Å². The first-order chi connectivity index (χ1) is 23.7. The number of nitrogen functional groups attached to an aromatic ring is 1. The Balaban J connectivity index is 1.39. The molecule has 1 aliphatic carbocycles. The van der Waals surface area contributed by atoms with Gasteiger partial charge in [-0.2, -0.15) is 9.97 Å². The van der Waals surface area contributed by atoms with Gasteiger partial charge in [-0.1, -0.05) is 40.5 Å². The summed E-state index contributed by atoms with van der Waals surface area (Å²) in [5.41, 5.74) is 3.94. The van der Waals surface area contributed by atoms with Gasteiger partial charge < -0.3 is 44.1 Å². The summed E-state index contributed by atoms with van der Waals surface area (Å²) in [6.07, 6.45) is 2.03. The molecule has 2 aliphatic heterocycles. The number of anilines is 2. The van der Waals surface area contributed by atoms with E-state index in [1.54, 1.807) is 39.2 Å². The molecule has 50 heavy (non-hydrogen) atoms. The number of aliphatic hydroxyl groups is 2. The summed E-state index contributed by atoms with van der Waals surface area (Å²) in [6.45, 7) is 13.7. The van der Waals surface area contributed by atoms with Crippen molar-refractivity contribution >= 4 is 42.5 Å². The van der Waals surface area contributed by atoms with Crippen LogP contribution in [0.5, 0.6) is 0 Å². The third-order valence-corrected chi connectivity index (χ3v) is 12.2. The van der Waals surface area contributed by atoms with Crippen molar-refractivity contribution in [1.29, 1.82) is 0 Å². The summed E-state index contributed by atoms with van der Waals surface area (Å²) in [4.78, 5) is 41.6. The van der Waals surface area contributed by atoms with Crippen LogP contribution in [0.2, 0.25) is 0 Å². The number of hydrogen-bond donors (Lipinski definition) is 5. The Morgan fingerprint density at radius 3 is 2.10 bits per heavy atom. The first-order valence-electron chi connectivity index (χ1n) is 17.7. The van der Waals surface area contributed by atoms with Gasteiger partial charge in [-0.15, -0.1) is 0 Å². The molecule has 1 saturated carbocycles. The number of imidazole rings is 1. The van der Waals surface area contributed by atoms with Crippen LogP contribution in [0.4, 0.5) is 11.8 Å². The van der Waals surface area contributed by atoms with Gasteiger partial charge in [-0.25, -0.2) is 15.2 Å². The maximum atomic E-state index is 14.7. The van der Waals surface area contributed by atoms with Gasteiger partial charge in [0.05, 0.1) is 26.1 Å². The second-order valence-corrected chi connectivity index (χ2v) is 15.6. The number of nitrogens with one attached hydrogen (secondary N) is 2. The van der Waals surface area contributed by atoms with Crippen LogP contribution in [0.1, 0.15) is 80.2 Å². The van der Waals surface area contributed by atoms with Gasteiger partial charge in [0.15, 0.2) is 17.0 Å². The highest BCUT2D eigenvalue weighted by Crippen LogP contribution is 2.68. The number of aromatic nitrogens is 4. The van der Waals surface area contributed by atoms with Crippen LogP contribution in [-0.2, 0) is 32.9 Å². The first kappa shape index (κ1) is 38.3. The number of esters is 2. The molecule has 0 aromatic carbocycles. The molecule has 0 amide bonds. The fourth-order valence-corrected chi connectivity index (χ4v) is 9.16. The van der Waals surface area contributed by atoms with Crippen LogP contribution >= 0.6 is 7.67 Å². The van der Waals surface area contributed by atoms with Crippen molar-refractivity contribution in [3.05, 3.63) is 6.33 Å². The lowest BCUT2D eigenvalue weighted by molar-refractivity contribution is -0.147. The monoisotopic (exact) mass is 724 g/mol. The molecule has 0 bridgehead atoms. The zero-order chi connectivity index (χ0) is 36.6. The third-order valence-electron chi connectivity index (χ3n) is 10.5. The number of nitrogens with two attached hydrogens (primary N) is 1. The van der Waals surface area contributed by atoms with Gasteiger partial charge in [0.25, 0.3) is 0 Å². The van der Waals surface area contributed by atoms with Crippen molar-refractivity contribution in [3.8, 4) is 0 Å². The van der Waals surface area contributed by atoms with Crippen LogP contribution in [-0.4, -0.2) is 110 Å². The topological polar surface area (TPSA) is 226 Å². The Hall–Kier alpha value is -2.92. The van der Waals surface area contributed by atoms with Crippen molar-refractivity contribution in [2.24, 2.45) is 11.8 Å². The van der Waals surface area contributed by atoms with Gasteiger partial charge in [-0.05, 0) is 45.4 Å². The zero-order valence-electron chi connectivity index (χ0n) is 30.0. The lowest BCUT2D eigenvalue weighted by Gasteiger charge is -2.33. The van der Waals surface area contributed by atoms with Gasteiger partial charge in [-0.3, -0.25) is 14.2 Å². The molecular weight excluding hydrogens is 671 g/mol. The Morgan fingerprint density at radius 2 is 1.62 bits per heavy atom. The van der Waals surface area contributed by atoms with E-state index in [1.165, 1.54) is 6.33 Å². The number of rotatable bonds is 17. The van der Waals surface area contributed by atoms with Gasteiger partial charge in [0.1, 0.15) is 41.5 Å². The lowest BCUT2D eigenvalue weighted by atomic mass is 10.0. The van der Waals surface area contributed by atoms with Crippen LogP contribution in [0.3, 0.4) is 0 Å². The summed E-state index contributed by atoms with van der Waals surface area (Å²) >= 11 is 0. The standard InChI is InChI=1S/C32H53N8O9P/c1-8-18(5)21(27(42)46-10-3)37-50(45,38-22(19(6)9-2)28(43)47-11-4)48-16-20-24(41)32(44)29(31(32,7)49-20)40-17-34-23-25(39-14-12-13-15-39)35-30(33)36-26(23)40/h17-22,24,29,41,44H,8-16H2,1-7H3,(H2,33,35,36)(H2,37,38,45). The number of carbonyl (C=O) groups excluding carboxylic acids is 2. The van der Waals surface area contributed by atoms with Crippen LogP contribution in [0.25, 0.3) is 11.2 Å². The summed E-state index contributed by atoms with van der Waals surface area (Å²) in [6, 6.07) is -2.89. The minimum absolute atomic E-state index is 0.0598. The number of nitrogens with zero attached hydrogens (tertiary/aromatic N) is 5. The smallest absolute Gasteiger partial charge is 0.342 e. The van der Waals surface area contributed by atoms with Crippen LogP contribution in [0.15, 0.2) is 6.33 Å². The average Bonchev–Trinajstić information content (AvgIpc) is 3.61. The molecule has 0 radical (unpaired) electrons.